The second kappa shape index (κ2) is 9.12. The first-order chi connectivity index (χ1) is 15.3. The minimum Gasteiger partial charge on any atom is -0.481 e. The van der Waals surface area contributed by atoms with Crippen LogP contribution >= 0.6 is 11.6 Å². The Morgan fingerprint density at radius 3 is 2.75 bits per heavy atom. The molecular weight excluding hydrogens is 435 g/mol. The normalized spacial score (nSPS) is 17.2. The zero-order valence-electron chi connectivity index (χ0n) is 17.4. The first-order valence-electron chi connectivity index (χ1n) is 10.4. The maximum Gasteiger partial charge on any atom is 0.308 e. The number of likely N-dealkylation sites (tertiary alicyclic amines) is 1. The zero-order valence-corrected chi connectivity index (χ0v) is 18.2. The van der Waals surface area contributed by atoms with Crippen molar-refractivity contribution in [1.82, 2.24) is 9.88 Å². The van der Waals surface area contributed by atoms with E-state index < -0.39 is 23.9 Å². The summed E-state index contributed by atoms with van der Waals surface area (Å²) in [6.45, 7) is 2.29. The van der Waals surface area contributed by atoms with E-state index >= 15 is 0 Å². The monoisotopic (exact) mass is 456 g/mol. The lowest BCUT2D eigenvalue weighted by Crippen LogP contribution is -2.47. The maximum atomic E-state index is 14.3. The molecule has 0 saturated carbocycles. The van der Waals surface area contributed by atoms with E-state index in [1.807, 2.05) is 12.1 Å². The van der Waals surface area contributed by atoms with Crippen molar-refractivity contribution < 1.29 is 23.8 Å². The second-order valence-electron chi connectivity index (χ2n) is 7.87. The van der Waals surface area contributed by atoms with Crippen molar-refractivity contribution >= 4 is 34.4 Å². The Morgan fingerprint density at radius 1 is 1.22 bits per heavy atom. The van der Waals surface area contributed by atoms with Crippen molar-refractivity contribution in [1.29, 1.82) is 0 Å². The van der Waals surface area contributed by atoms with E-state index in [1.54, 1.807) is 37.3 Å². The van der Waals surface area contributed by atoms with Gasteiger partial charge >= 0.3 is 5.97 Å². The standard InChI is InChI=1S/C24H22ClFN2O4/c1-14(23(29)28-10-4-5-15(13-28)24(30)31)32-16-8-9-18-19(12-22(26)27-21(18)11-16)17-6-2-3-7-20(17)25/h2-3,6-9,11-12,14-15H,4-5,10,13H2,1H3,(H,30,31)/t14?,15-/m0/s1. The molecule has 2 aromatic carbocycles. The molecule has 1 aliphatic rings. The van der Waals surface area contributed by atoms with Crippen molar-refractivity contribution in [3.05, 3.63) is 59.5 Å². The largest absolute Gasteiger partial charge is 0.481 e. The van der Waals surface area contributed by atoms with Crippen LogP contribution in [-0.2, 0) is 9.59 Å². The molecular formula is C24H22ClFN2O4. The number of piperidine rings is 1. The average Bonchev–Trinajstić information content (AvgIpc) is 2.78. The number of pyridine rings is 1. The highest BCUT2D eigenvalue weighted by atomic mass is 35.5. The number of rotatable bonds is 5. The summed E-state index contributed by atoms with van der Waals surface area (Å²) in [5.41, 5.74) is 1.68. The molecule has 1 amide bonds. The highest BCUT2D eigenvalue weighted by molar-refractivity contribution is 6.33. The van der Waals surface area contributed by atoms with Crippen molar-refractivity contribution in [3.63, 3.8) is 0 Å². The number of nitrogens with zero attached hydrogens (tertiary/aromatic N) is 2. The molecule has 2 atom stereocenters. The summed E-state index contributed by atoms with van der Waals surface area (Å²) in [5, 5.41) is 10.4. The molecule has 6 nitrogen and oxygen atoms in total. The number of hydrogen-bond donors (Lipinski definition) is 1. The molecule has 3 aromatic rings. The predicted molar refractivity (Wildman–Crippen MR) is 119 cm³/mol. The number of fused-ring (bicyclic) bond motifs is 1. The third-order valence-electron chi connectivity index (χ3n) is 5.66. The summed E-state index contributed by atoms with van der Waals surface area (Å²) in [7, 11) is 0. The molecule has 0 radical (unpaired) electrons. The van der Waals surface area contributed by atoms with E-state index in [2.05, 4.69) is 4.98 Å². The van der Waals surface area contributed by atoms with E-state index in [4.69, 9.17) is 16.3 Å². The van der Waals surface area contributed by atoms with Crippen LogP contribution in [0, 0.1) is 11.9 Å². The molecule has 1 fully saturated rings. The summed E-state index contributed by atoms with van der Waals surface area (Å²) in [6.07, 6.45) is 0.375. The van der Waals surface area contributed by atoms with Gasteiger partial charge in [-0.05, 0) is 43.5 Å². The Kier molecular flexibility index (Phi) is 6.28. The summed E-state index contributed by atoms with van der Waals surface area (Å²) in [6, 6.07) is 13.6. The zero-order chi connectivity index (χ0) is 22.8. The van der Waals surface area contributed by atoms with E-state index in [0.717, 1.165) is 0 Å². The lowest BCUT2D eigenvalue weighted by atomic mass is 9.98. The van der Waals surface area contributed by atoms with Crippen LogP contribution in [0.1, 0.15) is 19.8 Å². The number of aliphatic carboxylic acids is 1. The van der Waals surface area contributed by atoms with Crippen molar-refractivity contribution in [3.8, 4) is 16.9 Å². The fourth-order valence-corrected chi connectivity index (χ4v) is 4.28. The molecule has 1 aromatic heterocycles. The van der Waals surface area contributed by atoms with Gasteiger partial charge in [0.1, 0.15) is 5.75 Å². The molecule has 166 valence electrons. The summed E-state index contributed by atoms with van der Waals surface area (Å²) >= 11 is 6.30. The highest BCUT2D eigenvalue weighted by Gasteiger charge is 2.31. The van der Waals surface area contributed by atoms with Crippen molar-refractivity contribution in [2.45, 2.75) is 25.9 Å². The average molecular weight is 457 g/mol. The SMILES string of the molecule is CC(Oc1ccc2c(-c3ccccc3Cl)cc(F)nc2c1)C(=O)N1CCC[C@H](C(=O)O)C1. The first-order valence-corrected chi connectivity index (χ1v) is 10.7. The topological polar surface area (TPSA) is 79.7 Å². The minimum atomic E-state index is -0.895. The number of carbonyl (C=O) groups excluding carboxylic acids is 1. The lowest BCUT2D eigenvalue weighted by molar-refractivity contribution is -0.147. The summed E-state index contributed by atoms with van der Waals surface area (Å²) in [5.74, 6) is -2.01. The number of carboxylic acid groups (broad SMARTS) is 1. The molecule has 1 unspecified atom stereocenters. The van der Waals surface area contributed by atoms with Gasteiger partial charge in [0.15, 0.2) is 6.10 Å². The Labute approximate surface area is 189 Å². The van der Waals surface area contributed by atoms with Gasteiger partial charge in [-0.15, -0.1) is 0 Å². The van der Waals surface area contributed by atoms with Crippen LogP contribution in [0.3, 0.4) is 0 Å². The molecule has 4 rings (SSSR count). The number of halogens is 2. The highest BCUT2D eigenvalue weighted by Crippen LogP contribution is 2.34. The van der Waals surface area contributed by atoms with Gasteiger partial charge in [-0.2, -0.15) is 4.39 Å². The molecule has 1 N–H and O–H groups in total. The molecule has 1 aliphatic heterocycles. The number of ether oxygens (including phenoxy) is 1. The molecule has 1 saturated heterocycles. The number of benzene rings is 2. The Balaban J connectivity index is 1.57. The van der Waals surface area contributed by atoms with Crippen LogP contribution in [-0.4, -0.2) is 46.1 Å². The van der Waals surface area contributed by atoms with Gasteiger partial charge in [-0.3, -0.25) is 9.59 Å². The van der Waals surface area contributed by atoms with E-state index in [0.29, 0.717) is 52.2 Å². The molecule has 0 spiro atoms. The van der Waals surface area contributed by atoms with E-state index in [-0.39, 0.29) is 12.5 Å². The third kappa shape index (κ3) is 4.53. The Morgan fingerprint density at radius 2 is 2.00 bits per heavy atom. The summed E-state index contributed by atoms with van der Waals surface area (Å²) < 4.78 is 20.1. The van der Waals surface area contributed by atoms with E-state index in [1.165, 1.54) is 11.0 Å². The Bertz CT molecular complexity index is 1190. The van der Waals surface area contributed by atoms with Crippen LogP contribution in [0.15, 0.2) is 48.5 Å². The third-order valence-corrected chi connectivity index (χ3v) is 5.99. The fraction of sp³-hybridized carbons (Fsp3) is 0.292. The second-order valence-corrected chi connectivity index (χ2v) is 8.28. The van der Waals surface area contributed by atoms with E-state index in [9.17, 15) is 19.1 Å². The van der Waals surface area contributed by atoms with Crippen LogP contribution in [0.2, 0.25) is 5.02 Å². The number of carbonyl (C=O) groups is 2. The van der Waals surface area contributed by atoms with Gasteiger partial charge in [0.05, 0.1) is 11.4 Å². The number of hydrogen-bond acceptors (Lipinski definition) is 4. The van der Waals surface area contributed by atoms with Crippen LogP contribution in [0.25, 0.3) is 22.0 Å². The molecule has 0 bridgehead atoms. The van der Waals surface area contributed by atoms with Gasteiger partial charge in [0.2, 0.25) is 5.95 Å². The number of aromatic nitrogens is 1. The number of amides is 1. The molecule has 0 aliphatic carbocycles. The molecule has 32 heavy (non-hydrogen) atoms. The maximum absolute atomic E-state index is 14.3. The molecule has 8 heteroatoms. The van der Waals surface area contributed by atoms with Gasteiger partial charge in [-0.25, -0.2) is 4.98 Å². The van der Waals surface area contributed by atoms with Crippen molar-refractivity contribution in [2.24, 2.45) is 5.92 Å². The fourth-order valence-electron chi connectivity index (χ4n) is 4.04. The predicted octanol–water partition coefficient (Wildman–Crippen LogP) is 4.78. The van der Waals surface area contributed by atoms with Gasteiger partial charge in [0, 0.05) is 41.2 Å². The van der Waals surface area contributed by atoms with Crippen LogP contribution in [0.4, 0.5) is 4.39 Å². The lowest BCUT2D eigenvalue weighted by Gasteiger charge is -2.32. The first kappa shape index (κ1) is 22.0. The Hall–Kier alpha value is -3.19. The summed E-state index contributed by atoms with van der Waals surface area (Å²) in [4.78, 5) is 29.6. The smallest absolute Gasteiger partial charge is 0.308 e. The van der Waals surface area contributed by atoms with Gasteiger partial charge in [0.25, 0.3) is 5.91 Å². The molecule has 2 heterocycles. The van der Waals surface area contributed by atoms with Crippen LogP contribution in [0.5, 0.6) is 5.75 Å². The number of carboxylic acids is 1. The van der Waals surface area contributed by atoms with Crippen LogP contribution < -0.4 is 4.74 Å². The van der Waals surface area contributed by atoms with Gasteiger partial charge in [-0.1, -0.05) is 29.8 Å². The van der Waals surface area contributed by atoms with Gasteiger partial charge < -0.3 is 14.7 Å². The minimum absolute atomic E-state index is 0.174. The van der Waals surface area contributed by atoms with Crippen molar-refractivity contribution in [2.75, 3.05) is 13.1 Å². The quantitative estimate of drug-likeness (QED) is 0.558.